The minimum Gasteiger partial charge on any atom is -0.335 e. The minimum atomic E-state index is -2.78. The molecule has 4 heteroatoms. The molecule has 2 aromatic carbocycles. The SMILES string of the molecule is CCc1cccc(CN(CC)C(=O)c2cc(C)ccc2CC(C)C(C)(F)F)c1. The Bertz CT molecular complexity index is 810. The second kappa shape index (κ2) is 9.31. The molecule has 0 saturated heterocycles. The van der Waals surface area contributed by atoms with Crippen molar-refractivity contribution in [3.05, 3.63) is 70.3 Å². The lowest BCUT2D eigenvalue weighted by Crippen LogP contribution is -2.32. The summed E-state index contributed by atoms with van der Waals surface area (Å²) in [6.07, 6.45) is 1.12. The van der Waals surface area contributed by atoms with E-state index in [1.807, 2.05) is 44.2 Å². The van der Waals surface area contributed by atoms with Crippen LogP contribution in [0.5, 0.6) is 0 Å². The summed E-state index contributed by atoms with van der Waals surface area (Å²) >= 11 is 0. The van der Waals surface area contributed by atoms with E-state index in [1.54, 1.807) is 4.90 Å². The smallest absolute Gasteiger partial charge is 0.254 e. The summed E-state index contributed by atoms with van der Waals surface area (Å²) in [7, 11) is 0. The molecule has 1 amide bonds. The summed E-state index contributed by atoms with van der Waals surface area (Å²) in [5.74, 6) is -3.72. The zero-order chi connectivity index (χ0) is 20.9. The van der Waals surface area contributed by atoms with E-state index in [2.05, 4.69) is 19.1 Å². The second-order valence-electron chi connectivity index (χ2n) is 7.71. The van der Waals surface area contributed by atoms with Crippen LogP contribution in [0.1, 0.15) is 60.3 Å². The molecule has 1 unspecified atom stereocenters. The number of carbonyl (C=O) groups is 1. The van der Waals surface area contributed by atoms with Crippen molar-refractivity contribution in [2.75, 3.05) is 6.54 Å². The van der Waals surface area contributed by atoms with E-state index in [9.17, 15) is 13.6 Å². The zero-order valence-corrected chi connectivity index (χ0v) is 17.6. The number of hydrogen-bond acceptors (Lipinski definition) is 1. The average Bonchev–Trinajstić information content (AvgIpc) is 2.66. The highest BCUT2D eigenvalue weighted by Gasteiger charge is 2.31. The van der Waals surface area contributed by atoms with E-state index in [-0.39, 0.29) is 12.3 Å². The van der Waals surface area contributed by atoms with Crippen molar-refractivity contribution in [1.29, 1.82) is 0 Å². The van der Waals surface area contributed by atoms with Gasteiger partial charge >= 0.3 is 0 Å². The van der Waals surface area contributed by atoms with Crippen LogP contribution in [0.25, 0.3) is 0 Å². The van der Waals surface area contributed by atoms with Gasteiger partial charge in [0.15, 0.2) is 0 Å². The van der Waals surface area contributed by atoms with Crippen LogP contribution in [0.15, 0.2) is 42.5 Å². The summed E-state index contributed by atoms with van der Waals surface area (Å²) in [5, 5.41) is 0. The van der Waals surface area contributed by atoms with Crippen molar-refractivity contribution < 1.29 is 13.6 Å². The fraction of sp³-hybridized carbons (Fsp3) is 0.458. The molecule has 1 atom stereocenters. The molecule has 0 bridgehead atoms. The van der Waals surface area contributed by atoms with E-state index in [0.29, 0.717) is 24.2 Å². The monoisotopic (exact) mass is 387 g/mol. The molecular formula is C24H31F2NO. The first-order valence-corrected chi connectivity index (χ1v) is 10.00. The average molecular weight is 388 g/mol. The molecule has 0 spiro atoms. The minimum absolute atomic E-state index is 0.102. The Morgan fingerprint density at radius 1 is 1.11 bits per heavy atom. The Balaban J connectivity index is 2.30. The van der Waals surface area contributed by atoms with Crippen LogP contribution in [0, 0.1) is 12.8 Å². The number of aryl methyl sites for hydroxylation is 2. The maximum Gasteiger partial charge on any atom is 0.254 e. The van der Waals surface area contributed by atoms with Gasteiger partial charge in [0, 0.05) is 24.6 Å². The molecule has 0 heterocycles. The van der Waals surface area contributed by atoms with E-state index in [4.69, 9.17) is 0 Å². The van der Waals surface area contributed by atoms with Crippen LogP contribution < -0.4 is 0 Å². The molecule has 0 aromatic heterocycles. The van der Waals surface area contributed by atoms with Gasteiger partial charge in [-0.15, -0.1) is 0 Å². The largest absolute Gasteiger partial charge is 0.335 e. The van der Waals surface area contributed by atoms with Gasteiger partial charge in [0.05, 0.1) is 0 Å². The Kier molecular flexibility index (Phi) is 7.34. The van der Waals surface area contributed by atoms with Crippen molar-refractivity contribution in [3.8, 4) is 0 Å². The standard InChI is InChI=1S/C24H31F2NO/c1-6-19-9-8-10-20(15-19)16-27(7-2)23(28)22-13-17(3)11-12-21(22)14-18(4)24(5,25)26/h8-13,15,18H,6-7,14,16H2,1-5H3. The van der Waals surface area contributed by atoms with Gasteiger partial charge in [0.25, 0.3) is 5.91 Å². The lowest BCUT2D eigenvalue weighted by Gasteiger charge is -2.25. The van der Waals surface area contributed by atoms with Crippen LogP contribution in [0.3, 0.4) is 0 Å². The Labute approximate surface area is 167 Å². The van der Waals surface area contributed by atoms with Crippen molar-refractivity contribution in [3.63, 3.8) is 0 Å². The molecule has 2 rings (SSSR count). The highest BCUT2D eigenvalue weighted by atomic mass is 19.3. The maximum absolute atomic E-state index is 13.7. The highest BCUT2D eigenvalue weighted by Crippen LogP contribution is 2.28. The Morgan fingerprint density at radius 3 is 2.39 bits per heavy atom. The van der Waals surface area contributed by atoms with Crippen molar-refractivity contribution >= 4 is 5.91 Å². The number of carbonyl (C=O) groups excluding carboxylic acids is 1. The Hall–Kier alpha value is -2.23. The number of amides is 1. The predicted molar refractivity (Wildman–Crippen MR) is 111 cm³/mol. The number of benzene rings is 2. The van der Waals surface area contributed by atoms with Gasteiger partial charge in [-0.05, 0) is 56.4 Å². The fourth-order valence-corrected chi connectivity index (χ4v) is 3.24. The lowest BCUT2D eigenvalue weighted by atomic mass is 9.91. The molecule has 0 aliphatic heterocycles. The summed E-state index contributed by atoms with van der Waals surface area (Å²) in [6.45, 7) is 9.50. The van der Waals surface area contributed by atoms with E-state index < -0.39 is 11.8 Å². The van der Waals surface area contributed by atoms with Crippen molar-refractivity contribution in [2.24, 2.45) is 5.92 Å². The van der Waals surface area contributed by atoms with E-state index in [0.717, 1.165) is 24.5 Å². The molecule has 0 N–H and O–H groups in total. The Morgan fingerprint density at radius 2 is 1.79 bits per heavy atom. The number of nitrogens with zero attached hydrogens (tertiary/aromatic N) is 1. The normalized spacial score (nSPS) is 12.7. The first-order valence-electron chi connectivity index (χ1n) is 10.00. The van der Waals surface area contributed by atoms with Gasteiger partial charge in [-0.25, -0.2) is 8.78 Å². The summed E-state index contributed by atoms with van der Waals surface area (Å²) in [4.78, 5) is 15.1. The van der Waals surface area contributed by atoms with Gasteiger partial charge in [0.1, 0.15) is 0 Å². The number of alkyl halides is 2. The molecule has 0 aliphatic rings. The molecule has 2 nitrogen and oxygen atoms in total. The third kappa shape index (κ3) is 5.63. The summed E-state index contributed by atoms with van der Waals surface area (Å²) in [6, 6.07) is 13.7. The van der Waals surface area contributed by atoms with Gasteiger partial charge in [-0.2, -0.15) is 0 Å². The highest BCUT2D eigenvalue weighted by molar-refractivity contribution is 5.96. The summed E-state index contributed by atoms with van der Waals surface area (Å²) < 4.78 is 27.4. The van der Waals surface area contributed by atoms with Crippen molar-refractivity contribution in [1.82, 2.24) is 4.90 Å². The number of halogens is 2. The molecule has 152 valence electrons. The first-order chi connectivity index (χ1) is 13.2. The molecule has 0 radical (unpaired) electrons. The van der Waals surface area contributed by atoms with Crippen LogP contribution in [-0.2, 0) is 19.4 Å². The quantitative estimate of drug-likeness (QED) is 0.540. The lowest BCUT2D eigenvalue weighted by molar-refractivity contribution is -0.0321. The molecular weight excluding hydrogens is 356 g/mol. The predicted octanol–water partition coefficient (Wildman–Crippen LogP) is 6.05. The number of hydrogen-bond donors (Lipinski definition) is 0. The molecule has 0 aliphatic carbocycles. The van der Waals surface area contributed by atoms with Gasteiger partial charge < -0.3 is 4.90 Å². The van der Waals surface area contributed by atoms with Gasteiger partial charge in [0.2, 0.25) is 5.92 Å². The van der Waals surface area contributed by atoms with Crippen LogP contribution >= 0.6 is 0 Å². The van der Waals surface area contributed by atoms with Crippen LogP contribution in [-0.4, -0.2) is 23.3 Å². The fourth-order valence-electron chi connectivity index (χ4n) is 3.24. The molecule has 0 fully saturated rings. The van der Waals surface area contributed by atoms with E-state index in [1.165, 1.54) is 12.5 Å². The third-order valence-corrected chi connectivity index (χ3v) is 5.33. The summed E-state index contributed by atoms with van der Waals surface area (Å²) in [5.41, 5.74) is 4.48. The molecule has 2 aromatic rings. The van der Waals surface area contributed by atoms with Gasteiger partial charge in [-0.3, -0.25) is 4.79 Å². The van der Waals surface area contributed by atoms with E-state index >= 15 is 0 Å². The first kappa shape index (κ1) is 22.1. The topological polar surface area (TPSA) is 20.3 Å². The third-order valence-electron chi connectivity index (χ3n) is 5.33. The van der Waals surface area contributed by atoms with Crippen LogP contribution in [0.4, 0.5) is 8.78 Å². The van der Waals surface area contributed by atoms with Crippen LogP contribution in [0.2, 0.25) is 0 Å². The molecule has 0 saturated carbocycles. The second-order valence-corrected chi connectivity index (χ2v) is 7.71. The zero-order valence-electron chi connectivity index (χ0n) is 17.6. The number of rotatable bonds is 8. The molecule has 28 heavy (non-hydrogen) atoms. The van der Waals surface area contributed by atoms with Crippen molar-refractivity contribution in [2.45, 2.75) is 59.9 Å². The maximum atomic E-state index is 13.7. The van der Waals surface area contributed by atoms with Gasteiger partial charge in [-0.1, -0.05) is 55.8 Å².